The van der Waals surface area contributed by atoms with Gasteiger partial charge < -0.3 is 10.1 Å². The number of rotatable bonds is 2. The zero-order chi connectivity index (χ0) is 13.4. The minimum absolute atomic E-state index is 0.206. The molecule has 0 unspecified atom stereocenters. The minimum atomic E-state index is -0.538. The molecule has 0 aliphatic rings. The van der Waals surface area contributed by atoms with Crippen molar-refractivity contribution in [3.05, 3.63) is 51.6 Å². The SMILES string of the molecule is O=[N+]([O-])c1cn(-c2ccnc3cc(Br)cnc23)cn1. The summed E-state index contributed by atoms with van der Waals surface area (Å²) in [6.45, 7) is 0. The first-order valence-electron chi connectivity index (χ1n) is 5.24. The minimum Gasteiger partial charge on any atom is -0.358 e. The Morgan fingerprint density at radius 3 is 2.89 bits per heavy atom. The fourth-order valence-electron chi connectivity index (χ4n) is 1.74. The number of fused-ring (bicyclic) bond motifs is 1. The van der Waals surface area contributed by atoms with E-state index in [1.807, 2.05) is 6.07 Å². The van der Waals surface area contributed by atoms with Gasteiger partial charge >= 0.3 is 5.82 Å². The molecule has 0 atom stereocenters. The van der Waals surface area contributed by atoms with Crippen LogP contribution in [0.2, 0.25) is 0 Å². The van der Waals surface area contributed by atoms with E-state index in [2.05, 4.69) is 30.9 Å². The Balaban J connectivity index is 2.21. The molecule has 0 spiro atoms. The summed E-state index contributed by atoms with van der Waals surface area (Å²) in [4.78, 5) is 22.3. The largest absolute Gasteiger partial charge is 0.381 e. The molecular formula is C11H6BrN5O2. The smallest absolute Gasteiger partial charge is 0.358 e. The Bertz CT molecular complexity index is 786. The van der Waals surface area contributed by atoms with Gasteiger partial charge in [-0.1, -0.05) is 0 Å². The third-order valence-electron chi connectivity index (χ3n) is 2.56. The van der Waals surface area contributed by atoms with E-state index in [1.54, 1.807) is 23.0 Å². The van der Waals surface area contributed by atoms with Crippen molar-refractivity contribution < 1.29 is 4.92 Å². The van der Waals surface area contributed by atoms with Crippen molar-refractivity contribution >= 4 is 32.8 Å². The highest BCUT2D eigenvalue weighted by molar-refractivity contribution is 9.10. The van der Waals surface area contributed by atoms with Crippen LogP contribution >= 0.6 is 15.9 Å². The first-order valence-corrected chi connectivity index (χ1v) is 6.03. The average Bonchev–Trinajstić information content (AvgIpc) is 2.87. The Labute approximate surface area is 115 Å². The summed E-state index contributed by atoms with van der Waals surface area (Å²) in [5.74, 6) is -0.206. The summed E-state index contributed by atoms with van der Waals surface area (Å²) in [7, 11) is 0. The van der Waals surface area contributed by atoms with Crippen LogP contribution in [0.4, 0.5) is 5.82 Å². The molecule has 0 saturated carbocycles. The molecule has 19 heavy (non-hydrogen) atoms. The lowest BCUT2D eigenvalue weighted by Gasteiger charge is -2.04. The quantitative estimate of drug-likeness (QED) is 0.535. The number of pyridine rings is 2. The highest BCUT2D eigenvalue weighted by atomic mass is 79.9. The summed E-state index contributed by atoms with van der Waals surface area (Å²) < 4.78 is 2.38. The van der Waals surface area contributed by atoms with Gasteiger partial charge in [-0.2, -0.15) is 0 Å². The van der Waals surface area contributed by atoms with Crippen molar-refractivity contribution in [3.8, 4) is 5.69 Å². The van der Waals surface area contributed by atoms with Crippen LogP contribution in [0, 0.1) is 10.1 Å². The summed E-state index contributed by atoms with van der Waals surface area (Å²) in [5.41, 5.74) is 2.04. The van der Waals surface area contributed by atoms with Gasteiger partial charge in [0.05, 0.1) is 11.2 Å². The van der Waals surface area contributed by atoms with E-state index in [9.17, 15) is 10.1 Å². The molecule has 0 amide bonds. The second-order valence-electron chi connectivity index (χ2n) is 3.75. The zero-order valence-corrected chi connectivity index (χ0v) is 11.0. The van der Waals surface area contributed by atoms with E-state index in [1.165, 1.54) is 12.5 Å². The third-order valence-corrected chi connectivity index (χ3v) is 2.99. The highest BCUT2D eigenvalue weighted by Gasteiger charge is 2.13. The first kappa shape index (κ1) is 11.7. The van der Waals surface area contributed by atoms with Crippen LogP contribution in [0.5, 0.6) is 0 Å². The van der Waals surface area contributed by atoms with Crippen LogP contribution in [-0.4, -0.2) is 24.4 Å². The molecule has 3 aromatic heterocycles. The maximum Gasteiger partial charge on any atom is 0.381 e. The van der Waals surface area contributed by atoms with Gasteiger partial charge in [-0.05, 0) is 38.0 Å². The van der Waals surface area contributed by atoms with E-state index in [4.69, 9.17) is 0 Å². The number of hydrogen-bond donors (Lipinski definition) is 0. The second kappa shape index (κ2) is 4.39. The molecule has 0 aromatic carbocycles. The van der Waals surface area contributed by atoms with Crippen molar-refractivity contribution in [2.24, 2.45) is 0 Å². The molecule has 0 fully saturated rings. The molecule has 0 aliphatic carbocycles. The van der Waals surface area contributed by atoms with Gasteiger partial charge in [0.15, 0.2) is 0 Å². The second-order valence-corrected chi connectivity index (χ2v) is 4.66. The standard InChI is InChI=1S/C11H6BrN5O2/c12-7-3-8-11(14-4-7)9(1-2-13-8)16-5-10(15-6-16)17(18)19/h1-6H. The molecule has 3 rings (SSSR count). The molecule has 0 radical (unpaired) electrons. The van der Waals surface area contributed by atoms with E-state index >= 15 is 0 Å². The van der Waals surface area contributed by atoms with E-state index < -0.39 is 4.92 Å². The number of aromatic nitrogens is 4. The molecule has 0 bridgehead atoms. The Morgan fingerprint density at radius 1 is 1.32 bits per heavy atom. The monoisotopic (exact) mass is 319 g/mol. The van der Waals surface area contributed by atoms with E-state index in [-0.39, 0.29) is 5.82 Å². The van der Waals surface area contributed by atoms with Gasteiger partial charge in [-0.15, -0.1) is 0 Å². The first-order chi connectivity index (χ1) is 9.15. The molecule has 7 nitrogen and oxygen atoms in total. The summed E-state index contributed by atoms with van der Waals surface area (Å²) >= 11 is 3.33. The predicted octanol–water partition coefficient (Wildman–Crippen LogP) is 2.49. The van der Waals surface area contributed by atoms with Crippen LogP contribution in [0.25, 0.3) is 16.7 Å². The lowest BCUT2D eigenvalue weighted by atomic mass is 10.3. The fourth-order valence-corrected chi connectivity index (χ4v) is 2.06. The van der Waals surface area contributed by atoms with Crippen LogP contribution in [0.15, 0.2) is 41.5 Å². The van der Waals surface area contributed by atoms with Crippen LogP contribution < -0.4 is 0 Å². The molecule has 94 valence electrons. The van der Waals surface area contributed by atoms with Crippen LogP contribution in [0.1, 0.15) is 0 Å². The normalized spacial score (nSPS) is 10.8. The van der Waals surface area contributed by atoms with Gasteiger partial charge in [0, 0.05) is 16.9 Å². The summed E-state index contributed by atoms with van der Waals surface area (Å²) in [6.07, 6.45) is 6.01. The molecule has 3 aromatic rings. The molecule has 8 heteroatoms. The summed E-state index contributed by atoms with van der Waals surface area (Å²) in [6, 6.07) is 3.56. The number of hydrogen-bond acceptors (Lipinski definition) is 5. The number of nitrogens with zero attached hydrogens (tertiary/aromatic N) is 5. The number of imidazole rings is 1. The van der Waals surface area contributed by atoms with Gasteiger partial charge in [0.2, 0.25) is 6.33 Å². The Kier molecular flexibility index (Phi) is 2.71. The van der Waals surface area contributed by atoms with Crippen molar-refractivity contribution in [2.45, 2.75) is 0 Å². The van der Waals surface area contributed by atoms with Crippen molar-refractivity contribution in [1.29, 1.82) is 0 Å². The number of nitro groups is 1. The van der Waals surface area contributed by atoms with E-state index in [0.717, 1.165) is 4.47 Å². The fraction of sp³-hybridized carbons (Fsp3) is 0. The third kappa shape index (κ3) is 2.06. The maximum atomic E-state index is 10.6. The van der Waals surface area contributed by atoms with Gasteiger partial charge in [0.1, 0.15) is 11.7 Å². The molecule has 3 heterocycles. The molecule has 0 saturated heterocycles. The van der Waals surface area contributed by atoms with Crippen LogP contribution in [0.3, 0.4) is 0 Å². The van der Waals surface area contributed by atoms with Crippen molar-refractivity contribution in [2.75, 3.05) is 0 Å². The van der Waals surface area contributed by atoms with Gasteiger partial charge in [0.25, 0.3) is 0 Å². The van der Waals surface area contributed by atoms with Crippen LogP contribution in [-0.2, 0) is 0 Å². The average molecular weight is 320 g/mol. The Hall–Kier alpha value is -2.35. The molecule has 0 aliphatic heterocycles. The Morgan fingerprint density at radius 2 is 2.16 bits per heavy atom. The van der Waals surface area contributed by atoms with Crippen molar-refractivity contribution in [1.82, 2.24) is 19.5 Å². The van der Waals surface area contributed by atoms with Crippen molar-refractivity contribution in [3.63, 3.8) is 0 Å². The number of halogens is 1. The lowest BCUT2D eigenvalue weighted by Crippen LogP contribution is -1.95. The predicted molar refractivity (Wildman–Crippen MR) is 71.0 cm³/mol. The van der Waals surface area contributed by atoms with Gasteiger partial charge in [-0.3, -0.25) is 14.5 Å². The summed E-state index contributed by atoms with van der Waals surface area (Å²) in [5, 5.41) is 10.6. The van der Waals surface area contributed by atoms with Gasteiger partial charge in [-0.25, -0.2) is 0 Å². The topological polar surface area (TPSA) is 86.7 Å². The lowest BCUT2D eigenvalue weighted by molar-refractivity contribution is -0.389. The highest BCUT2D eigenvalue weighted by Crippen LogP contribution is 2.22. The molecular weight excluding hydrogens is 314 g/mol. The van der Waals surface area contributed by atoms with E-state index in [0.29, 0.717) is 16.7 Å². The maximum absolute atomic E-state index is 10.6. The molecule has 0 N–H and O–H groups in total. The zero-order valence-electron chi connectivity index (χ0n) is 9.39.